The van der Waals surface area contributed by atoms with Gasteiger partial charge in [0.1, 0.15) is 0 Å². The number of rotatable bonds is 6. The lowest BCUT2D eigenvalue weighted by atomic mass is 10.0. The number of hydrogen-bond acceptors (Lipinski definition) is 5. The summed E-state index contributed by atoms with van der Waals surface area (Å²) in [6, 6.07) is 7.68. The van der Waals surface area contributed by atoms with Gasteiger partial charge in [0.15, 0.2) is 5.82 Å². The van der Waals surface area contributed by atoms with E-state index in [0.717, 1.165) is 37.2 Å². The van der Waals surface area contributed by atoms with Gasteiger partial charge in [-0.2, -0.15) is 4.98 Å². The number of carbonyl (C=O) groups is 1. The Bertz CT molecular complexity index is 645. The fourth-order valence-electron chi connectivity index (χ4n) is 2.74. The van der Waals surface area contributed by atoms with Gasteiger partial charge in [0.05, 0.1) is 6.42 Å². The van der Waals surface area contributed by atoms with Crippen LogP contribution in [-0.2, 0) is 17.6 Å². The lowest BCUT2D eigenvalue weighted by molar-refractivity contribution is -0.115. The third kappa shape index (κ3) is 4.63. The lowest BCUT2D eigenvalue weighted by Gasteiger charge is -2.04. The number of nitrogens with one attached hydrogen (secondary N) is 2. The van der Waals surface area contributed by atoms with Crippen molar-refractivity contribution in [3.63, 3.8) is 0 Å². The molecule has 0 bridgehead atoms. The molecule has 1 amide bonds. The number of aryl methyl sites for hydroxylation is 2. The zero-order chi connectivity index (χ0) is 16.1. The first-order valence-electron chi connectivity index (χ1n) is 8.08. The molecular formula is C17H22N4O2. The van der Waals surface area contributed by atoms with Crippen LogP contribution in [0, 0.1) is 12.8 Å². The second-order valence-electron chi connectivity index (χ2n) is 6.09. The second-order valence-corrected chi connectivity index (χ2v) is 6.09. The zero-order valence-corrected chi connectivity index (χ0v) is 13.3. The summed E-state index contributed by atoms with van der Waals surface area (Å²) >= 11 is 0. The number of amides is 1. The number of benzene rings is 1. The molecule has 0 saturated carbocycles. The van der Waals surface area contributed by atoms with E-state index in [1.165, 1.54) is 6.42 Å². The monoisotopic (exact) mass is 314 g/mol. The maximum absolute atomic E-state index is 12.0. The minimum absolute atomic E-state index is 0.127. The third-order valence-corrected chi connectivity index (χ3v) is 4.09. The zero-order valence-electron chi connectivity index (χ0n) is 13.3. The van der Waals surface area contributed by atoms with Gasteiger partial charge in [0.2, 0.25) is 11.8 Å². The van der Waals surface area contributed by atoms with Crippen molar-refractivity contribution in [1.82, 2.24) is 15.5 Å². The molecule has 0 radical (unpaired) electrons. The second kappa shape index (κ2) is 7.37. The molecule has 2 heterocycles. The summed E-state index contributed by atoms with van der Waals surface area (Å²) in [5.41, 5.74) is 1.93. The number of carbonyl (C=O) groups excluding carboxylic acids is 1. The quantitative estimate of drug-likeness (QED) is 0.853. The van der Waals surface area contributed by atoms with Gasteiger partial charge in [0.25, 0.3) is 0 Å². The maximum Gasteiger partial charge on any atom is 0.232 e. The van der Waals surface area contributed by atoms with Gasteiger partial charge in [-0.15, -0.1) is 0 Å². The summed E-state index contributed by atoms with van der Waals surface area (Å²) in [6.45, 7) is 4.17. The van der Waals surface area contributed by atoms with Crippen molar-refractivity contribution in [2.24, 2.45) is 5.92 Å². The molecule has 0 spiro atoms. The van der Waals surface area contributed by atoms with Gasteiger partial charge in [-0.25, -0.2) is 0 Å². The Morgan fingerprint density at radius 2 is 2.22 bits per heavy atom. The Balaban J connectivity index is 1.47. The molecule has 0 aliphatic carbocycles. The van der Waals surface area contributed by atoms with Gasteiger partial charge in [-0.1, -0.05) is 22.9 Å². The average Bonchev–Trinajstić information content (AvgIpc) is 3.19. The Labute approximate surface area is 135 Å². The van der Waals surface area contributed by atoms with E-state index in [1.54, 1.807) is 0 Å². The molecule has 1 aliphatic rings. The summed E-state index contributed by atoms with van der Waals surface area (Å²) < 4.78 is 5.23. The highest BCUT2D eigenvalue weighted by molar-refractivity contribution is 5.91. The van der Waals surface area contributed by atoms with E-state index >= 15 is 0 Å². The molecule has 1 aromatic carbocycles. The summed E-state index contributed by atoms with van der Waals surface area (Å²) in [5, 5.41) is 10.1. The van der Waals surface area contributed by atoms with Gasteiger partial charge in [-0.3, -0.25) is 4.79 Å². The molecule has 1 aliphatic heterocycles. The first-order chi connectivity index (χ1) is 11.2. The van der Waals surface area contributed by atoms with E-state index in [1.807, 2.05) is 31.2 Å². The molecule has 6 nitrogen and oxygen atoms in total. The topological polar surface area (TPSA) is 80.0 Å². The predicted octanol–water partition coefficient (Wildman–Crippen LogP) is 2.10. The van der Waals surface area contributed by atoms with Crippen LogP contribution in [0.5, 0.6) is 0 Å². The van der Waals surface area contributed by atoms with E-state index in [4.69, 9.17) is 4.52 Å². The Hall–Kier alpha value is -2.21. The van der Waals surface area contributed by atoms with Crippen LogP contribution in [-0.4, -0.2) is 29.1 Å². The highest BCUT2D eigenvalue weighted by Gasteiger charge is 2.16. The minimum Gasteiger partial charge on any atom is -0.339 e. The fourth-order valence-corrected chi connectivity index (χ4v) is 2.74. The highest BCUT2D eigenvalue weighted by atomic mass is 16.5. The van der Waals surface area contributed by atoms with Crippen LogP contribution in [0.2, 0.25) is 0 Å². The van der Waals surface area contributed by atoms with Crippen molar-refractivity contribution in [3.8, 4) is 0 Å². The van der Waals surface area contributed by atoms with E-state index in [-0.39, 0.29) is 12.3 Å². The van der Waals surface area contributed by atoms with Crippen molar-refractivity contribution < 1.29 is 9.32 Å². The molecule has 23 heavy (non-hydrogen) atoms. The SMILES string of the molecule is Cc1ccc(NC(=O)Cc2noc(CCC3CCNC3)n2)cc1. The van der Waals surface area contributed by atoms with Crippen LogP contribution in [0.1, 0.15) is 30.1 Å². The van der Waals surface area contributed by atoms with Gasteiger partial charge in [-0.05, 0) is 50.9 Å². The molecule has 2 aromatic rings. The number of aromatic nitrogens is 2. The smallest absolute Gasteiger partial charge is 0.232 e. The standard InChI is InChI=1S/C17H22N4O2/c1-12-2-5-14(6-3-12)19-16(22)10-15-20-17(23-21-15)7-4-13-8-9-18-11-13/h2-3,5-6,13,18H,4,7-11H2,1H3,(H,19,22). The van der Waals surface area contributed by atoms with Crippen LogP contribution < -0.4 is 10.6 Å². The molecule has 6 heteroatoms. The van der Waals surface area contributed by atoms with Crippen LogP contribution in [0.15, 0.2) is 28.8 Å². The summed E-state index contributed by atoms with van der Waals surface area (Å²) in [5.74, 6) is 1.61. The third-order valence-electron chi connectivity index (χ3n) is 4.09. The van der Waals surface area contributed by atoms with Gasteiger partial charge < -0.3 is 15.2 Å². The summed E-state index contributed by atoms with van der Waals surface area (Å²) in [7, 11) is 0. The molecule has 1 aromatic heterocycles. The molecule has 1 unspecified atom stereocenters. The Morgan fingerprint density at radius 1 is 1.39 bits per heavy atom. The summed E-state index contributed by atoms with van der Waals surface area (Å²) in [4.78, 5) is 16.3. The van der Waals surface area contributed by atoms with Crippen molar-refractivity contribution in [3.05, 3.63) is 41.5 Å². The fraction of sp³-hybridized carbons (Fsp3) is 0.471. The molecule has 122 valence electrons. The van der Waals surface area contributed by atoms with Crippen molar-refractivity contribution in [1.29, 1.82) is 0 Å². The largest absolute Gasteiger partial charge is 0.339 e. The Morgan fingerprint density at radius 3 is 2.96 bits per heavy atom. The molecule has 2 N–H and O–H groups in total. The van der Waals surface area contributed by atoms with Crippen molar-refractivity contribution in [2.75, 3.05) is 18.4 Å². The van der Waals surface area contributed by atoms with Crippen LogP contribution in [0.4, 0.5) is 5.69 Å². The molecular weight excluding hydrogens is 292 g/mol. The van der Waals surface area contributed by atoms with Crippen molar-refractivity contribution >= 4 is 11.6 Å². The molecule has 1 saturated heterocycles. The van der Waals surface area contributed by atoms with E-state index in [9.17, 15) is 4.79 Å². The molecule has 1 fully saturated rings. The van der Waals surface area contributed by atoms with E-state index in [0.29, 0.717) is 17.6 Å². The first-order valence-corrected chi connectivity index (χ1v) is 8.08. The first kappa shape index (κ1) is 15.7. The van der Waals surface area contributed by atoms with Crippen LogP contribution >= 0.6 is 0 Å². The van der Waals surface area contributed by atoms with E-state index < -0.39 is 0 Å². The van der Waals surface area contributed by atoms with Crippen LogP contribution in [0.25, 0.3) is 0 Å². The minimum atomic E-state index is -0.138. The number of nitrogens with zero attached hydrogens (tertiary/aromatic N) is 2. The summed E-state index contributed by atoms with van der Waals surface area (Å²) in [6.07, 6.45) is 3.16. The number of anilines is 1. The molecule has 1 atom stereocenters. The van der Waals surface area contributed by atoms with Gasteiger partial charge in [0, 0.05) is 12.1 Å². The predicted molar refractivity (Wildman–Crippen MR) is 87.1 cm³/mol. The Kier molecular flexibility index (Phi) is 5.02. The van der Waals surface area contributed by atoms with Crippen molar-refractivity contribution in [2.45, 2.75) is 32.6 Å². The van der Waals surface area contributed by atoms with Gasteiger partial charge >= 0.3 is 0 Å². The number of hydrogen-bond donors (Lipinski definition) is 2. The molecule has 3 rings (SSSR count). The normalized spacial score (nSPS) is 17.3. The average molecular weight is 314 g/mol. The van der Waals surface area contributed by atoms with Crippen LogP contribution in [0.3, 0.4) is 0 Å². The van der Waals surface area contributed by atoms with E-state index in [2.05, 4.69) is 20.8 Å². The lowest BCUT2D eigenvalue weighted by Crippen LogP contribution is -2.15. The highest BCUT2D eigenvalue weighted by Crippen LogP contribution is 2.15. The maximum atomic E-state index is 12.0.